The van der Waals surface area contributed by atoms with Crippen LogP contribution in [0.15, 0.2) is 24.4 Å². The summed E-state index contributed by atoms with van der Waals surface area (Å²) < 4.78 is 12.7. The summed E-state index contributed by atoms with van der Waals surface area (Å²) in [5.74, 6) is 1.65. The number of likely N-dealkylation sites (N-methyl/N-ethyl adjacent to an activating group) is 1. The second-order valence-electron chi connectivity index (χ2n) is 12.7. The second-order valence-corrected chi connectivity index (χ2v) is 14.7. The summed E-state index contributed by atoms with van der Waals surface area (Å²) >= 11 is 2.97. The van der Waals surface area contributed by atoms with Gasteiger partial charge in [0.05, 0.1) is 11.3 Å². The zero-order chi connectivity index (χ0) is 32.6. The van der Waals surface area contributed by atoms with E-state index in [1.807, 2.05) is 31.0 Å². The Labute approximate surface area is 278 Å². The number of anilines is 2. The lowest BCUT2D eigenvalue weighted by Crippen LogP contribution is -2.38. The molecule has 4 aromatic heterocycles. The maximum atomic E-state index is 12.6. The molecule has 0 saturated carbocycles. The van der Waals surface area contributed by atoms with Crippen LogP contribution < -0.4 is 15.4 Å². The third-order valence-corrected chi connectivity index (χ3v) is 11.5. The van der Waals surface area contributed by atoms with Crippen molar-refractivity contribution in [3.8, 4) is 23.5 Å². The summed E-state index contributed by atoms with van der Waals surface area (Å²) in [6.45, 7) is 7.84. The van der Waals surface area contributed by atoms with Crippen LogP contribution in [0, 0.1) is 18.3 Å². The van der Waals surface area contributed by atoms with E-state index in [0.717, 1.165) is 54.8 Å². The Kier molecular flexibility index (Phi) is 9.14. The van der Waals surface area contributed by atoms with Crippen LogP contribution in [0.5, 0.6) is 5.88 Å². The molecule has 1 aliphatic heterocycles. The molecule has 46 heavy (non-hydrogen) atoms. The van der Waals surface area contributed by atoms with E-state index in [-0.39, 0.29) is 17.4 Å². The Hall–Kier alpha value is -3.86. The Morgan fingerprint density at radius 3 is 2.87 bits per heavy atom. The van der Waals surface area contributed by atoms with E-state index in [2.05, 4.69) is 43.0 Å². The molecule has 6 rings (SSSR count). The van der Waals surface area contributed by atoms with Crippen molar-refractivity contribution in [3.05, 3.63) is 51.0 Å². The fourth-order valence-electron chi connectivity index (χ4n) is 6.81. The number of ether oxygens (including phenoxy) is 1. The van der Waals surface area contributed by atoms with E-state index < -0.39 is 0 Å². The number of likely N-dealkylation sites (tertiary alicyclic amines) is 1. The SMILES string of the molecule is Cc1ccn(C(=O)CCCN(C)c2cc(O[C@@H](C)[C@@H]3CCCN3C)nc(-c3cc([C@]4(C)CCCc5sc(N)c(C#N)c54)sn3)n2)n1. The van der Waals surface area contributed by atoms with Gasteiger partial charge < -0.3 is 15.4 Å². The third-order valence-electron chi connectivity index (χ3n) is 9.40. The molecule has 13 heteroatoms. The minimum Gasteiger partial charge on any atom is -0.473 e. The first-order valence-corrected chi connectivity index (χ1v) is 17.5. The molecule has 0 spiro atoms. The molecule has 0 unspecified atom stereocenters. The number of fused-ring (bicyclic) bond motifs is 1. The number of carbonyl (C=O) groups excluding carboxylic acids is 1. The first kappa shape index (κ1) is 32.1. The third kappa shape index (κ3) is 6.26. The van der Waals surface area contributed by atoms with Crippen molar-refractivity contribution in [1.29, 1.82) is 5.26 Å². The fourth-order valence-corrected chi connectivity index (χ4v) is 8.91. The molecule has 2 aliphatic rings. The lowest BCUT2D eigenvalue weighted by molar-refractivity contribution is 0.0884. The van der Waals surface area contributed by atoms with E-state index in [0.29, 0.717) is 59.2 Å². The number of hydrogen-bond acceptors (Lipinski definition) is 12. The summed E-state index contributed by atoms with van der Waals surface area (Å²) in [5, 5.41) is 14.8. The van der Waals surface area contributed by atoms with E-state index in [1.54, 1.807) is 6.20 Å². The van der Waals surface area contributed by atoms with Gasteiger partial charge in [-0.2, -0.15) is 19.7 Å². The molecule has 4 aromatic rings. The molecular weight excluding hydrogens is 619 g/mol. The maximum Gasteiger partial charge on any atom is 0.246 e. The lowest BCUT2D eigenvalue weighted by atomic mass is 9.71. The first-order valence-electron chi connectivity index (χ1n) is 15.9. The molecule has 11 nitrogen and oxygen atoms in total. The van der Waals surface area contributed by atoms with Crippen LogP contribution in [0.2, 0.25) is 0 Å². The van der Waals surface area contributed by atoms with Gasteiger partial charge in [0.15, 0.2) is 5.82 Å². The monoisotopic (exact) mass is 659 g/mol. The molecular formula is C33H41N9O2S2. The molecule has 0 bridgehead atoms. The number of rotatable bonds is 10. The largest absolute Gasteiger partial charge is 0.473 e. The Morgan fingerprint density at radius 1 is 1.33 bits per heavy atom. The number of carbonyl (C=O) groups is 1. The van der Waals surface area contributed by atoms with Gasteiger partial charge in [0, 0.05) is 53.5 Å². The molecule has 0 aromatic carbocycles. The van der Waals surface area contributed by atoms with Crippen molar-refractivity contribution in [2.75, 3.05) is 37.8 Å². The minimum absolute atomic E-state index is 0.0373. The van der Waals surface area contributed by atoms with Gasteiger partial charge in [-0.3, -0.25) is 9.69 Å². The van der Waals surface area contributed by atoms with Gasteiger partial charge in [0.2, 0.25) is 11.8 Å². The highest BCUT2D eigenvalue weighted by molar-refractivity contribution is 7.16. The van der Waals surface area contributed by atoms with Gasteiger partial charge in [-0.25, -0.2) is 9.67 Å². The number of aryl methyl sites for hydroxylation is 2. The number of aromatic nitrogens is 5. The Bertz CT molecular complexity index is 1770. The average molecular weight is 660 g/mol. The van der Waals surface area contributed by atoms with Crippen LogP contribution in [-0.2, 0) is 11.8 Å². The molecule has 2 N–H and O–H groups in total. The van der Waals surface area contributed by atoms with Crippen LogP contribution in [0.3, 0.4) is 0 Å². The van der Waals surface area contributed by atoms with Crippen molar-refractivity contribution in [3.63, 3.8) is 0 Å². The second kappa shape index (κ2) is 13.1. The molecule has 5 heterocycles. The summed E-state index contributed by atoms with van der Waals surface area (Å²) in [7, 11) is 4.11. The predicted octanol–water partition coefficient (Wildman–Crippen LogP) is 5.68. The number of hydrogen-bond donors (Lipinski definition) is 1. The fraction of sp³-hybridized carbons (Fsp3) is 0.515. The van der Waals surface area contributed by atoms with Crippen LogP contribution in [0.4, 0.5) is 10.8 Å². The summed E-state index contributed by atoms with van der Waals surface area (Å²) in [4.78, 5) is 29.1. The molecule has 1 aliphatic carbocycles. The minimum atomic E-state index is -0.363. The molecule has 0 amide bonds. The van der Waals surface area contributed by atoms with Crippen molar-refractivity contribution >= 4 is 39.6 Å². The van der Waals surface area contributed by atoms with Crippen LogP contribution >= 0.6 is 22.9 Å². The van der Waals surface area contributed by atoms with Crippen molar-refractivity contribution in [2.24, 2.45) is 0 Å². The highest BCUT2D eigenvalue weighted by Crippen LogP contribution is 2.50. The van der Waals surface area contributed by atoms with Gasteiger partial charge in [0.25, 0.3) is 0 Å². The predicted molar refractivity (Wildman–Crippen MR) is 182 cm³/mol. The van der Waals surface area contributed by atoms with Crippen LogP contribution in [-0.4, -0.2) is 74.3 Å². The smallest absolute Gasteiger partial charge is 0.246 e. The maximum absolute atomic E-state index is 12.6. The van der Waals surface area contributed by atoms with Gasteiger partial charge >= 0.3 is 0 Å². The zero-order valence-electron chi connectivity index (χ0n) is 27.1. The molecule has 1 saturated heterocycles. The zero-order valence-corrected chi connectivity index (χ0v) is 28.7. The van der Waals surface area contributed by atoms with Crippen molar-refractivity contribution < 1.29 is 9.53 Å². The summed E-state index contributed by atoms with van der Waals surface area (Å²) in [6, 6.07) is 8.45. The lowest BCUT2D eigenvalue weighted by Gasteiger charge is -2.33. The molecule has 3 atom stereocenters. The highest BCUT2D eigenvalue weighted by atomic mass is 32.1. The molecule has 242 valence electrons. The van der Waals surface area contributed by atoms with Gasteiger partial charge in [-0.15, -0.1) is 11.3 Å². The van der Waals surface area contributed by atoms with E-state index in [1.165, 1.54) is 32.4 Å². The van der Waals surface area contributed by atoms with Crippen molar-refractivity contribution in [2.45, 2.75) is 83.3 Å². The number of nitrogens with two attached hydrogens (primary N) is 1. The van der Waals surface area contributed by atoms with E-state index >= 15 is 0 Å². The molecule has 1 fully saturated rings. The summed E-state index contributed by atoms with van der Waals surface area (Å²) in [6.07, 6.45) is 7.76. The summed E-state index contributed by atoms with van der Waals surface area (Å²) in [5.41, 5.74) is 9.05. The standard InChI is InChI=1S/C33H41N9O2S2/c1-20-12-16-42(38-20)29(43)11-8-15-41(5)27-18-28(44-21(2)24-9-7-14-40(24)4)37-32(36-27)23-17-26(46-39-23)33(3)13-6-10-25-30(33)22(19-34)31(35)45-25/h12,16-18,21,24H,6-11,13-15,35H2,1-5H3/t21-,24-,33-/m0/s1. The van der Waals surface area contributed by atoms with Crippen LogP contribution in [0.1, 0.15) is 83.7 Å². The topological polar surface area (TPSA) is 139 Å². The number of nitrogen functional groups attached to an aromatic ring is 1. The Morgan fingerprint density at radius 2 is 2.15 bits per heavy atom. The quantitative estimate of drug-likeness (QED) is 0.226. The normalized spacial score (nSPS) is 20.3. The van der Waals surface area contributed by atoms with E-state index in [9.17, 15) is 10.1 Å². The van der Waals surface area contributed by atoms with Crippen LogP contribution in [0.25, 0.3) is 11.5 Å². The first-order chi connectivity index (χ1) is 22.1. The average Bonchev–Trinajstić information content (AvgIpc) is 3.84. The van der Waals surface area contributed by atoms with Gasteiger partial charge in [-0.05, 0) is 95.2 Å². The number of thiophene rings is 1. The molecule has 0 radical (unpaired) electrons. The number of nitrogens with zero attached hydrogens (tertiary/aromatic N) is 8. The van der Waals surface area contributed by atoms with E-state index in [4.69, 9.17) is 24.8 Å². The number of nitriles is 1. The van der Waals surface area contributed by atoms with Crippen molar-refractivity contribution in [1.82, 2.24) is 29.0 Å². The van der Waals surface area contributed by atoms with Gasteiger partial charge in [-0.1, -0.05) is 6.92 Å². The highest BCUT2D eigenvalue weighted by Gasteiger charge is 2.40. The van der Waals surface area contributed by atoms with Gasteiger partial charge in [0.1, 0.15) is 28.7 Å². The Balaban J connectivity index is 1.28.